The lowest BCUT2D eigenvalue weighted by atomic mass is 10.1. The minimum atomic E-state index is 0.307. The van der Waals surface area contributed by atoms with Crippen molar-refractivity contribution < 1.29 is 9.47 Å². The number of pyridine rings is 1. The summed E-state index contributed by atoms with van der Waals surface area (Å²) in [6.07, 6.45) is 0.307. The smallest absolute Gasteiger partial charge is 0.131 e. The van der Waals surface area contributed by atoms with Gasteiger partial charge in [0.25, 0.3) is 0 Å². The summed E-state index contributed by atoms with van der Waals surface area (Å²) in [4.78, 5) is 4.50. The van der Waals surface area contributed by atoms with Gasteiger partial charge in [0.05, 0.1) is 37.9 Å². The molecule has 4 heteroatoms. The maximum absolute atomic E-state index is 8.78. The van der Waals surface area contributed by atoms with Gasteiger partial charge in [-0.3, -0.25) is 4.98 Å². The first-order valence-electron chi connectivity index (χ1n) is 5.58. The van der Waals surface area contributed by atoms with Gasteiger partial charge >= 0.3 is 0 Å². The topological polar surface area (TPSA) is 55.1 Å². The van der Waals surface area contributed by atoms with Crippen molar-refractivity contribution >= 4 is 10.9 Å². The molecule has 0 aliphatic carbocycles. The van der Waals surface area contributed by atoms with E-state index in [1.54, 1.807) is 14.2 Å². The summed E-state index contributed by atoms with van der Waals surface area (Å²) < 4.78 is 10.5. The molecule has 0 spiro atoms. The van der Waals surface area contributed by atoms with Crippen molar-refractivity contribution in [2.24, 2.45) is 0 Å². The van der Waals surface area contributed by atoms with Crippen LogP contribution in [0, 0.1) is 18.3 Å². The number of aryl methyl sites for hydroxylation is 1. The monoisotopic (exact) mass is 242 g/mol. The number of rotatable bonds is 3. The highest BCUT2D eigenvalue weighted by Crippen LogP contribution is 2.31. The zero-order valence-electron chi connectivity index (χ0n) is 10.7. The zero-order chi connectivity index (χ0) is 13.1. The third-order valence-corrected chi connectivity index (χ3v) is 2.87. The minimum Gasteiger partial charge on any atom is -0.497 e. The van der Waals surface area contributed by atoms with E-state index in [0.29, 0.717) is 12.2 Å². The van der Waals surface area contributed by atoms with Gasteiger partial charge in [0.1, 0.15) is 11.5 Å². The van der Waals surface area contributed by atoms with Crippen molar-refractivity contribution in [3.8, 4) is 17.6 Å². The van der Waals surface area contributed by atoms with Crippen LogP contribution in [0.1, 0.15) is 11.3 Å². The van der Waals surface area contributed by atoms with Crippen molar-refractivity contribution in [1.29, 1.82) is 5.26 Å². The molecule has 1 aromatic carbocycles. The molecule has 2 aromatic rings. The Labute approximate surface area is 106 Å². The summed E-state index contributed by atoms with van der Waals surface area (Å²) in [6.45, 7) is 1.95. The number of nitrogens with zero attached hydrogens (tertiary/aromatic N) is 2. The van der Waals surface area contributed by atoms with Crippen molar-refractivity contribution in [3.63, 3.8) is 0 Å². The predicted octanol–water partition coefficient (Wildman–Crippen LogP) is 2.63. The Kier molecular flexibility index (Phi) is 3.33. The van der Waals surface area contributed by atoms with Crippen molar-refractivity contribution in [2.45, 2.75) is 13.3 Å². The summed E-state index contributed by atoms with van der Waals surface area (Å²) >= 11 is 0. The minimum absolute atomic E-state index is 0.307. The molecule has 1 aromatic heterocycles. The van der Waals surface area contributed by atoms with E-state index in [1.165, 1.54) is 0 Å². The molecular weight excluding hydrogens is 228 g/mol. The maximum atomic E-state index is 8.78. The summed E-state index contributed by atoms with van der Waals surface area (Å²) in [6, 6.07) is 7.79. The van der Waals surface area contributed by atoms with Crippen molar-refractivity contribution in [1.82, 2.24) is 4.98 Å². The fraction of sp³-hybridized carbons (Fsp3) is 0.286. The molecule has 0 amide bonds. The van der Waals surface area contributed by atoms with Gasteiger partial charge in [0.15, 0.2) is 0 Å². The lowest BCUT2D eigenvalue weighted by molar-refractivity contribution is 0.398. The fourth-order valence-corrected chi connectivity index (χ4v) is 1.90. The molecule has 0 aliphatic heterocycles. The van der Waals surface area contributed by atoms with Crippen molar-refractivity contribution in [2.75, 3.05) is 14.2 Å². The molecule has 0 N–H and O–H groups in total. The second kappa shape index (κ2) is 4.92. The van der Waals surface area contributed by atoms with Crippen molar-refractivity contribution in [3.05, 3.63) is 29.5 Å². The molecule has 4 nitrogen and oxygen atoms in total. The summed E-state index contributed by atoms with van der Waals surface area (Å²) in [5.74, 6) is 1.42. The van der Waals surface area contributed by atoms with Gasteiger partial charge in [0.2, 0.25) is 0 Å². The number of methoxy groups -OCH3 is 2. The second-order valence-corrected chi connectivity index (χ2v) is 3.98. The third-order valence-electron chi connectivity index (χ3n) is 2.87. The molecule has 18 heavy (non-hydrogen) atoms. The average Bonchev–Trinajstić information content (AvgIpc) is 2.39. The van der Waals surface area contributed by atoms with Crippen LogP contribution in [0.25, 0.3) is 10.9 Å². The van der Waals surface area contributed by atoms with Crippen LogP contribution in [-0.2, 0) is 6.42 Å². The first-order chi connectivity index (χ1) is 8.69. The SMILES string of the molecule is COc1cc(OC)c2cc(C)c(CC#N)nc2c1. The fourth-order valence-electron chi connectivity index (χ4n) is 1.90. The Morgan fingerprint density at radius 1 is 1.22 bits per heavy atom. The molecule has 2 rings (SSSR count). The number of fused-ring (bicyclic) bond motifs is 1. The number of hydrogen-bond acceptors (Lipinski definition) is 4. The number of nitriles is 1. The van der Waals surface area contributed by atoms with E-state index in [-0.39, 0.29) is 0 Å². The van der Waals surface area contributed by atoms with E-state index >= 15 is 0 Å². The van der Waals surface area contributed by atoms with Gasteiger partial charge < -0.3 is 9.47 Å². The lowest BCUT2D eigenvalue weighted by Crippen LogP contribution is -1.96. The van der Waals surface area contributed by atoms with E-state index in [9.17, 15) is 0 Å². The van der Waals surface area contributed by atoms with E-state index in [4.69, 9.17) is 14.7 Å². The maximum Gasteiger partial charge on any atom is 0.131 e. The highest BCUT2D eigenvalue weighted by atomic mass is 16.5. The van der Waals surface area contributed by atoms with Gasteiger partial charge in [-0.05, 0) is 18.6 Å². The van der Waals surface area contributed by atoms with Gasteiger partial charge in [-0.25, -0.2) is 0 Å². The van der Waals surface area contributed by atoms with Gasteiger partial charge in [-0.2, -0.15) is 5.26 Å². The van der Waals surface area contributed by atoms with Crippen LogP contribution in [-0.4, -0.2) is 19.2 Å². The normalized spacial score (nSPS) is 10.1. The van der Waals surface area contributed by atoms with Gasteiger partial charge in [-0.15, -0.1) is 0 Å². The molecular formula is C14H14N2O2. The summed E-state index contributed by atoms with van der Waals surface area (Å²) in [5.41, 5.74) is 2.56. The molecule has 1 heterocycles. The predicted molar refractivity (Wildman–Crippen MR) is 68.9 cm³/mol. The quantitative estimate of drug-likeness (QED) is 0.830. The number of ether oxygens (including phenoxy) is 2. The average molecular weight is 242 g/mol. The standard InChI is InChI=1S/C14H14N2O2/c1-9-6-11-13(16-12(9)4-5-15)7-10(17-2)8-14(11)18-3/h6-8H,4H2,1-3H3. The van der Waals surface area contributed by atoms with Crippen LogP contribution < -0.4 is 9.47 Å². The Morgan fingerprint density at radius 3 is 2.61 bits per heavy atom. The molecule has 0 saturated carbocycles. The largest absolute Gasteiger partial charge is 0.497 e. The molecule has 0 bridgehead atoms. The van der Waals surface area contributed by atoms with Gasteiger partial charge in [0, 0.05) is 17.5 Å². The highest BCUT2D eigenvalue weighted by Gasteiger charge is 2.09. The summed E-state index contributed by atoms with van der Waals surface area (Å²) in [5, 5.41) is 9.71. The second-order valence-electron chi connectivity index (χ2n) is 3.98. The molecule has 0 atom stereocenters. The number of hydrogen-bond donors (Lipinski definition) is 0. The highest BCUT2D eigenvalue weighted by molar-refractivity contribution is 5.87. The molecule has 0 fully saturated rings. The van der Waals surface area contributed by atoms with Crippen LogP contribution in [0.5, 0.6) is 11.5 Å². The first-order valence-corrected chi connectivity index (χ1v) is 5.58. The molecule has 0 saturated heterocycles. The van der Waals surface area contributed by atoms with Crippen LogP contribution in [0.3, 0.4) is 0 Å². The Balaban J connectivity index is 2.72. The van der Waals surface area contributed by atoms with E-state index in [0.717, 1.165) is 27.9 Å². The molecule has 0 aliphatic rings. The Bertz CT molecular complexity index is 630. The van der Waals surface area contributed by atoms with E-state index < -0.39 is 0 Å². The van der Waals surface area contributed by atoms with Crippen LogP contribution >= 0.6 is 0 Å². The lowest BCUT2D eigenvalue weighted by Gasteiger charge is -2.10. The Hall–Kier alpha value is -2.28. The molecule has 0 unspecified atom stereocenters. The van der Waals surface area contributed by atoms with Crippen LogP contribution in [0.15, 0.2) is 18.2 Å². The zero-order valence-corrected chi connectivity index (χ0v) is 10.7. The van der Waals surface area contributed by atoms with Gasteiger partial charge in [-0.1, -0.05) is 0 Å². The van der Waals surface area contributed by atoms with E-state index in [2.05, 4.69) is 11.1 Å². The first kappa shape index (κ1) is 12.2. The number of aromatic nitrogens is 1. The molecule has 0 radical (unpaired) electrons. The van der Waals surface area contributed by atoms with Crippen LogP contribution in [0.4, 0.5) is 0 Å². The molecule has 92 valence electrons. The van der Waals surface area contributed by atoms with E-state index in [1.807, 2.05) is 25.1 Å². The summed E-state index contributed by atoms with van der Waals surface area (Å²) in [7, 11) is 3.22. The number of benzene rings is 1. The van der Waals surface area contributed by atoms with Crippen LogP contribution in [0.2, 0.25) is 0 Å². The Morgan fingerprint density at radius 2 is 2.00 bits per heavy atom. The third kappa shape index (κ3) is 2.07.